The number of aliphatic hydroxyl groups excluding tert-OH is 1. The average Bonchev–Trinajstić information content (AvgIpc) is 2.98. The average molecular weight is 336 g/mol. The van der Waals surface area contributed by atoms with Crippen LogP contribution in [0.15, 0.2) is 0 Å². The largest absolute Gasteiger partial charge is 0.390 e. The molecule has 3 atom stereocenters. The zero-order valence-electron chi connectivity index (χ0n) is 14.6. The molecular weight excluding hydrogens is 308 g/mol. The Morgan fingerprint density at radius 3 is 2.88 bits per heavy atom. The Morgan fingerprint density at radius 1 is 1.46 bits per heavy atom. The first kappa shape index (κ1) is 17.4. The molecule has 2 aliphatic rings. The van der Waals surface area contributed by atoms with E-state index in [1.54, 1.807) is 7.11 Å². The second-order valence-electron chi connectivity index (χ2n) is 6.80. The zero-order chi connectivity index (χ0) is 17.3. The number of rotatable bonds is 4. The van der Waals surface area contributed by atoms with Gasteiger partial charge in [0, 0.05) is 56.4 Å². The number of hydrogen-bond acceptors (Lipinski definition) is 5. The molecule has 1 aliphatic carbocycles. The van der Waals surface area contributed by atoms with Gasteiger partial charge in [-0.2, -0.15) is 5.10 Å². The van der Waals surface area contributed by atoms with E-state index in [1.165, 1.54) is 0 Å². The standard InChI is InChI=1S/C17H28N4O3/c1-3-21-15-6-7-20(9-12(15)14(10-22)19-21)17(23)11-4-5-16(24-2)13(18)8-11/h11,13,16,22H,3-10,18H2,1-2H3/t11-,13+,16+/m0/s1. The lowest BCUT2D eigenvalue weighted by molar-refractivity contribution is -0.138. The summed E-state index contributed by atoms with van der Waals surface area (Å²) in [5.74, 6) is 0.158. The first-order valence-corrected chi connectivity index (χ1v) is 8.84. The van der Waals surface area contributed by atoms with E-state index in [9.17, 15) is 9.90 Å². The van der Waals surface area contributed by atoms with Crippen LogP contribution in [0, 0.1) is 5.92 Å². The molecule has 0 unspecified atom stereocenters. The van der Waals surface area contributed by atoms with Crippen LogP contribution < -0.4 is 5.73 Å². The SMILES string of the molecule is CCn1nc(CO)c2c1CCN(C(=O)[C@H]1CC[C@@H](OC)[C@H](N)C1)C2. The molecule has 1 aromatic rings. The van der Waals surface area contributed by atoms with E-state index in [0.717, 1.165) is 37.1 Å². The lowest BCUT2D eigenvalue weighted by Crippen LogP contribution is -2.47. The van der Waals surface area contributed by atoms with E-state index >= 15 is 0 Å². The molecule has 2 heterocycles. The molecule has 1 fully saturated rings. The Labute approximate surface area is 142 Å². The molecule has 7 heteroatoms. The van der Waals surface area contributed by atoms with Crippen molar-refractivity contribution in [1.29, 1.82) is 0 Å². The number of methoxy groups -OCH3 is 1. The number of carbonyl (C=O) groups is 1. The molecule has 1 aromatic heterocycles. The first-order valence-electron chi connectivity index (χ1n) is 8.84. The van der Waals surface area contributed by atoms with Crippen molar-refractivity contribution in [3.8, 4) is 0 Å². The van der Waals surface area contributed by atoms with Crippen LogP contribution >= 0.6 is 0 Å². The van der Waals surface area contributed by atoms with E-state index in [-0.39, 0.29) is 30.6 Å². The maximum Gasteiger partial charge on any atom is 0.226 e. The number of nitrogens with two attached hydrogens (primary N) is 1. The Kier molecular flexibility index (Phi) is 5.22. The molecule has 1 aliphatic heterocycles. The summed E-state index contributed by atoms with van der Waals surface area (Å²) >= 11 is 0. The molecule has 3 N–H and O–H groups in total. The van der Waals surface area contributed by atoms with Gasteiger partial charge in [0.25, 0.3) is 0 Å². The number of aryl methyl sites for hydroxylation is 1. The summed E-state index contributed by atoms with van der Waals surface area (Å²) in [4.78, 5) is 14.8. The highest BCUT2D eigenvalue weighted by Gasteiger charge is 2.36. The van der Waals surface area contributed by atoms with E-state index in [1.807, 2.05) is 16.5 Å². The van der Waals surface area contributed by atoms with Crippen molar-refractivity contribution in [1.82, 2.24) is 14.7 Å². The Hall–Kier alpha value is -1.44. The van der Waals surface area contributed by atoms with Crippen LogP contribution in [0.3, 0.4) is 0 Å². The van der Waals surface area contributed by atoms with Crippen molar-refractivity contribution < 1.29 is 14.6 Å². The van der Waals surface area contributed by atoms with Gasteiger partial charge < -0.3 is 20.5 Å². The van der Waals surface area contributed by atoms with Crippen molar-refractivity contribution in [2.45, 2.75) is 64.4 Å². The van der Waals surface area contributed by atoms with Gasteiger partial charge in [0.1, 0.15) is 0 Å². The molecular formula is C17H28N4O3. The summed E-state index contributed by atoms with van der Waals surface area (Å²) in [5.41, 5.74) is 9.03. The third-order valence-electron chi connectivity index (χ3n) is 5.46. The van der Waals surface area contributed by atoms with Gasteiger partial charge >= 0.3 is 0 Å². The fraction of sp³-hybridized carbons (Fsp3) is 0.765. The quantitative estimate of drug-likeness (QED) is 0.831. The number of aliphatic hydroxyl groups is 1. The highest BCUT2D eigenvalue weighted by Crippen LogP contribution is 2.30. The van der Waals surface area contributed by atoms with Crippen LogP contribution in [0.2, 0.25) is 0 Å². The Bertz CT molecular complexity index is 601. The van der Waals surface area contributed by atoms with Crippen molar-refractivity contribution in [2.24, 2.45) is 11.7 Å². The molecule has 24 heavy (non-hydrogen) atoms. The minimum absolute atomic E-state index is 0.0215. The molecule has 3 rings (SSSR count). The molecule has 0 saturated heterocycles. The number of hydrogen-bond donors (Lipinski definition) is 2. The van der Waals surface area contributed by atoms with Gasteiger partial charge in [0.2, 0.25) is 5.91 Å². The van der Waals surface area contributed by atoms with Crippen molar-refractivity contribution >= 4 is 5.91 Å². The topological polar surface area (TPSA) is 93.6 Å². The second-order valence-corrected chi connectivity index (χ2v) is 6.80. The molecule has 1 saturated carbocycles. The summed E-state index contributed by atoms with van der Waals surface area (Å²) in [6.45, 7) is 4.00. The fourth-order valence-electron chi connectivity index (χ4n) is 4.09. The highest BCUT2D eigenvalue weighted by atomic mass is 16.5. The molecule has 134 valence electrons. The van der Waals surface area contributed by atoms with E-state index in [2.05, 4.69) is 5.10 Å². The van der Waals surface area contributed by atoms with Gasteiger partial charge in [-0.25, -0.2) is 0 Å². The van der Waals surface area contributed by atoms with E-state index < -0.39 is 0 Å². The smallest absolute Gasteiger partial charge is 0.226 e. The van der Waals surface area contributed by atoms with Gasteiger partial charge in [0.15, 0.2) is 0 Å². The monoisotopic (exact) mass is 336 g/mol. The van der Waals surface area contributed by atoms with Gasteiger partial charge in [-0.1, -0.05) is 0 Å². The summed E-state index contributed by atoms with van der Waals surface area (Å²) in [6.07, 6.45) is 3.20. The predicted molar refractivity (Wildman–Crippen MR) is 89.1 cm³/mol. The van der Waals surface area contributed by atoms with Gasteiger partial charge in [-0.3, -0.25) is 9.48 Å². The third kappa shape index (κ3) is 3.08. The maximum absolute atomic E-state index is 12.9. The van der Waals surface area contributed by atoms with Crippen molar-refractivity contribution in [3.05, 3.63) is 17.0 Å². The Morgan fingerprint density at radius 2 is 2.25 bits per heavy atom. The van der Waals surface area contributed by atoms with Gasteiger partial charge in [-0.15, -0.1) is 0 Å². The second kappa shape index (κ2) is 7.21. The van der Waals surface area contributed by atoms with Crippen LogP contribution in [-0.4, -0.2) is 51.5 Å². The van der Waals surface area contributed by atoms with Gasteiger partial charge in [0.05, 0.1) is 18.4 Å². The number of carbonyl (C=O) groups excluding carboxylic acids is 1. The predicted octanol–water partition coefficient (Wildman–Crippen LogP) is 0.422. The lowest BCUT2D eigenvalue weighted by atomic mass is 9.83. The van der Waals surface area contributed by atoms with E-state index in [0.29, 0.717) is 25.2 Å². The summed E-state index contributed by atoms with van der Waals surface area (Å²) in [7, 11) is 1.68. The number of fused-ring (bicyclic) bond motifs is 1. The van der Waals surface area contributed by atoms with Crippen molar-refractivity contribution in [3.63, 3.8) is 0 Å². The van der Waals surface area contributed by atoms with Crippen LogP contribution in [0.5, 0.6) is 0 Å². The molecule has 1 amide bonds. The Balaban J connectivity index is 1.71. The van der Waals surface area contributed by atoms with Gasteiger partial charge in [-0.05, 0) is 26.2 Å². The molecule has 0 bridgehead atoms. The van der Waals surface area contributed by atoms with Crippen LogP contribution in [0.4, 0.5) is 0 Å². The number of amides is 1. The first-order chi connectivity index (χ1) is 11.6. The maximum atomic E-state index is 12.9. The summed E-state index contributed by atoms with van der Waals surface area (Å²) in [6, 6.07) is -0.0751. The van der Waals surface area contributed by atoms with E-state index in [4.69, 9.17) is 10.5 Å². The summed E-state index contributed by atoms with van der Waals surface area (Å²) in [5, 5.41) is 14.0. The third-order valence-corrected chi connectivity index (χ3v) is 5.46. The highest BCUT2D eigenvalue weighted by molar-refractivity contribution is 5.79. The number of nitrogens with zero attached hydrogens (tertiary/aromatic N) is 3. The normalized spacial score (nSPS) is 27.2. The fourth-order valence-corrected chi connectivity index (χ4v) is 4.09. The zero-order valence-corrected chi connectivity index (χ0v) is 14.6. The lowest BCUT2D eigenvalue weighted by Gasteiger charge is -2.36. The minimum Gasteiger partial charge on any atom is -0.390 e. The number of ether oxygens (including phenoxy) is 1. The molecule has 7 nitrogen and oxygen atoms in total. The molecule has 0 spiro atoms. The molecule has 0 radical (unpaired) electrons. The van der Waals surface area contributed by atoms with Crippen LogP contribution in [-0.2, 0) is 35.6 Å². The minimum atomic E-state index is -0.0822. The van der Waals surface area contributed by atoms with Crippen LogP contribution in [0.1, 0.15) is 43.1 Å². The number of aromatic nitrogens is 2. The molecule has 0 aromatic carbocycles. The summed E-state index contributed by atoms with van der Waals surface area (Å²) < 4.78 is 7.33. The van der Waals surface area contributed by atoms with Crippen LogP contribution in [0.25, 0.3) is 0 Å². The van der Waals surface area contributed by atoms with Crippen molar-refractivity contribution in [2.75, 3.05) is 13.7 Å².